The number of nitrogens with zero attached hydrogens (tertiary/aromatic N) is 2. The van der Waals surface area contributed by atoms with Gasteiger partial charge in [0.2, 0.25) is 10.0 Å². The summed E-state index contributed by atoms with van der Waals surface area (Å²) in [6.07, 6.45) is 5.88. The van der Waals surface area contributed by atoms with Crippen LogP contribution in [0.5, 0.6) is 5.75 Å². The van der Waals surface area contributed by atoms with Crippen LogP contribution in [0.4, 0.5) is 0 Å². The molecule has 6 rings (SSSR count). The molecule has 2 bridgehead atoms. The Hall–Kier alpha value is -2.74. The van der Waals surface area contributed by atoms with E-state index < -0.39 is 16.1 Å². The van der Waals surface area contributed by atoms with Gasteiger partial charge < -0.3 is 4.74 Å². The lowest BCUT2D eigenvalue weighted by atomic mass is 9.73. The number of nitrogens with one attached hydrogen (secondary N) is 1. The molecule has 1 unspecified atom stereocenters. The zero-order valence-electron chi connectivity index (χ0n) is 21.5. The summed E-state index contributed by atoms with van der Waals surface area (Å²) in [6, 6.07) is 11.2. The second-order valence-corrected chi connectivity index (χ2v) is 12.0. The highest BCUT2D eigenvalue weighted by Gasteiger charge is 2.44. The summed E-state index contributed by atoms with van der Waals surface area (Å²) in [5, 5.41) is 0.907. The van der Waals surface area contributed by atoms with Gasteiger partial charge >= 0.3 is 0 Å². The van der Waals surface area contributed by atoms with E-state index in [4.69, 9.17) is 4.74 Å². The zero-order valence-corrected chi connectivity index (χ0v) is 22.3. The van der Waals surface area contributed by atoms with Gasteiger partial charge in [-0.3, -0.25) is 9.88 Å². The first-order chi connectivity index (χ1) is 17.2. The molecule has 0 spiro atoms. The molecule has 7 heteroatoms. The summed E-state index contributed by atoms with van der Waals surface area (Å²) in [5.41, 5.74) is 4.33. The second-order valence-electron chi connectivity index (χ2n) is 10.4. The number of hydrogen-bond donors (Lipinski definition) is 1. The predicted octanol–water partition coefficient (Wildman–Crippen LogP) is 5.08. The molecular formula is C29H35N3O3S. The second kappa shape index (κ2) is 9.61. The monoisotopic (exact) mass is 505 g/mol. The quantitative estimate of drug-likeness (QED) is 0.453. The van der Waals surface area contributed by atoms with Crippen LogP contribution in [0.25, 0.3) is 10.9 Å². The molecule has 0 aliphatic carbocycles. The fourth-order valence-corrected chi connectivity index (χ4v) is 8.14. The van der Waals surface area contributed by atoms with Crippen molar-refractivity contribution < 1.29 is 13.2 Å². The van der Waals surface area contributed by atoms with Crippen molar-refractivity contribution in [2.45, 2.75) is 50.6 Å². The number of rotatable bonds is 7. The van der Waals surface area contributed by atoms with Gasteiger partial charge in [0.25, 0.3) is 0 Å². The van der Waals surface area contributed by atoms with E-state index in [0.717, 1.165) is 64.8 Å². The molecule has 3 fully saturated rings. The Morgan fingerprint density at radius 2 is 1.92 bits per heavy atom. The first-order valence-corrected chi connectivity index (χ1v) is 14.1. The first-order valence-electron chi connectivity index (χ1n) is 12.6. The summed E-state index contributed by atoms with van der Waals surface area (Å²) < 4.78 is 36.7. The number of aryl methyl sites for hydroxylation is 3. The third-order valence-corrected chi connectivity index (χ3v) is 9.76. The molecule has 190 valence electrons. The fraction of sp³-hybridized carbons (Fsp3) is 0.414. The molecule has 0 amide bonds. The van der Waals surface area contributed by atoms with E-state index in [1.54, 1.807) is 13.3 Å². The number of hydrogen-bond acceptors (Lipinski definition) is 5. The van der Waals surface area contributed by atoms with Gasteiger partial charge in [-0.1, -0.05) is 23.8 Å². The molecule has 0 saturated carbocycles. The van der Waals surface area contributed by atoms with Crippen molar-refractivity contribution in [3.63, 3.8) is 0 Å². The van der Waals surface area contributed by atoms with Crippen LogP contribution < -0.4 is 9.46 Å². The average Bonchev–Trinajstić information content (AvgIpc) is 2.86. The number of piperidine rings is 3. The van der Waals surface area contributed by atoms with Crippen molar-refractivity contribution in [1.29, 1.82) is 0 Å². The summed E-state index contributed by atoms with van der Waals surface area (Å²) in [7, 11) is -2.16. The third kappa shape index (κ3) is 4.44. The molecule has 36 heavy (non-hydrogen) atoms. The van der Waals surface area contributed by atoms with Gasteiger partial charge in [0, 0.05) is 24.2 Å². The van der Waals surface area contributed by atoms with Crippen molar-refractivity contribution in [1.82, 2.24) is 14.6 Å². The molecule has 2 aromatic carbocycles. The van der Waals surface area contributed by atoms with Crippen LogP contribution in [-0.4, -0.2) is 44.5 Å². The fourth-order valence-electron chi connectivity index (χ4n) is 6.43. The Morgan fingerprint density at radius 3 is 2.56 bits per heavy atom. The maximum absolute atomic E-state index is 14.0. The molecule has 3 aromatic rings. The summed E-state index contributed by atoms with van der Waals surface area (Å²) in [5.74, 6) is 1.68. The lowest BCUT2D eigenvalue weighted by Gasteiger charge is -2.51. The van der Waals surface area contributed by atoms with Gasteiger partial charge in [0.1, 0.15) is 5.75 Å². The molecule has 1 N–H and O–H groups in total. The van der Waals surface area contributed by atoms with E-state index in [1.165, 1.54) is 0 Å². The minimum Gasteiger partial charge on any atom is -0.497 e. The molecule has 0 radical (unpaired) electrons. The number of benzene rings is 2. The standard InChI is InChI=1S/C29H35N3O3S/c1-6-21-17-32-12-10-22(21)15-27(32)28(24-9-11-30-26-8-7-23(35-5)16-25(24)26)31-36(33,34)29-19(3)13-18(2)14-20(29)4/h6-9,11,13-14,16,21-22,27-28,31H,1,10,12,15,17H2,2-5H3/t21-,22-,27-,28-/m0/s1. The smallest absolute Gasteiger partial charge is 0.241 e. The maximum Gasteiger partial charge on any atom is 0.241 e. The van der Waals surface area contributed by atoms with Crippen LogP contribution in [0.3, 0.4) is 0 Å². The molecular weight excluding hydrogens is 470 g/mol. The van der Waals surface area contributed by atoms with Crippen molar-refractivity contribution >= 4 is 20.9 Å². The van der Waals surface area contributed by atoms with E-state index in [1.807, 2.05) is 57.2 Å². The minimum atomic E-state index is -3.80. The van der Waals surface area contributed by atoms with E-state index in [-0.39, 0.29) is 6.04 Å². The number of pyridine rings is 1. The van der Waals surface area contributed by atoms with Crippen LogP contribution in [-0.2, 0) is 10.0 Å². The summed E-state index contributed by atoms with van der Waals surface area (Å²) in [6.45, 7) is 11.7. The van der Waals surface area contributed by atoms with Gasteiger partial charge in [0.15, 0.2) is 0 Å². The molecule has 3 saturated heterocycles. The van der Waals surface area contributed by atoms with Gasteiger partial charge in [0.05, 0.1) is 23.6 Å². The number of sulfonamides is 1. The van der Waals surface area contributed by atoms with Crippen LogP contribution in [0.1, 0.15) is 41.1 Å². The number of methoxy groups -OCH3 is 1. The van der Waals surface area contributed by atoms with Crippen LogP contribution >= 0.6 is 0 Å². The Balaban J connectivity index is 1.64. The van der Waals surface area contributed by atoms with E-state index in [2.05, 4.69) is 27.3 Å². The van der Waals surface area contributed by atoms with Gasteiger partial charge in [-0.2, -0.15) is 0 Å². The molecule has 3 aliphatic rings. The van der Waals surface area contributed by atoms with Crippen LogP contribution in [0.2, 0.25) is 0 Å². The van der Waals surface area contributed by atoms with Crippen molar-refractivity contribution in [3.8, 4) is 5.75 Å². The molecule has 4 heterocycles. The molecule has 1 aromatic heterocycles. The number of aromatic nitrogens is 1. The normalized spacial score (nSPS) is 24.6. The maximum atomic E-state index is 14.0. The van der Waals surface area contributed by atoms with Crippen LogP contribution in [0, 0.1) is 32.6 Å². The lowest BCUT2D eigenvalue weighted by Crippen LogP contribution is -2.57. The van der Waals surface area contributed by atoms with Gasteiger partial charge in [-0.15, -0.1) is 6.58 Å². The minimum absolute atomic E-state index is 0.0394. The predicted molar refractivity (Wildman–Crippen MR) is 144 cm³/mol. The number of fused-ring (bicyclic) bond motifs is 4. The molecule has 5 atom stereocenters. The average molecular weight is 506 g/mol. The lowest BCUT2D eigenvalue weighted by molar-refractivity contribution is 0.00490. The topological polar surface area (TPSA) is 71.5 Å². The number of ether oxygens (including phenoxy) is 1. The summed E-state index contributed by atoms with van der Waals surface area (Å²) >= 11 is 0. The Kier molecular flexibility index (Phi) is 6.66. The van der Waals surface area contributed by atoms with E-state index in [9.17, 15) is 8.42 Å². The van der Waals surface area contributed by atoms with Gasteiger partial charge in [-0.05, 0) is 92.9 Å². The third-order valence-electron chi connectivity index (χ3n) is 8.01. The first kappa shape index (κ1) is 24.9. The van der Waals surface area contributed by atoms with Gasteiger partial charge in [-0.25, -0.2) is 13.1 Å². The Bertz CT molecular complexity index is 1400. The highest BCUT2D eigenvalue weighted by Crippen LogP contribution is 2.43. The molecule has 6 nitrogen and oxygen atoms in total. The van der Waals surface area contributed by atoms with Crippen molar-refractivity contribution in [2.24, 2.45) is 11.8 Å². The molecule has 3 aliphatic heterocycles. The Morgan fingerprint density at radius 1 is 1.17 bits per heavy atom. The zero-order chi connectivity index (χ0) is 25.6. The van der Waals surface area contributed by atoms with E-state index in [0.29, 0.717) is 16.7 Å². The highest BCUT2D eigenvalue weighted by molar-refractivity contribution is 7.89. The van der Waals surface area contributed by atoms with Crippen molar-refractivity contribution in [3.05, 3.63) is 77.5 Å². The van der Waals surface area contributed by atoms with E-state index >= 15 is 0 Å². The van der Waals surface area contributed by atoms with Crippen LogP contribution in [0.15, 0.2) is 60.1 Å². The summed E-state index contributed by atoms with van der Waals surface area (Å²) in [4.78, 5) is 7.37. The SMILES string of the molecule is C=C[C@H]1CN2CC[C@H]1C[C@H]2[C@@H](NS(=O)(=O)c1c(C)cc(C)cc1C)c1ccnc2ccc(OC)cc12. The van der Waals surface area contributed by atoms with Crippen molar-refractivity contribution in [2.75, 3.05) is 20.2 Å². The highest BCUT2D eigenvalue weighted by atomic mass is 32.2. The Labute approximate surface area is 214 Å². The largest absolute Gasteiger partial charge is 0.497 e.